The largest absolute Gasteiger partial charge is 0.360 e. The molecule has 0 spiro atoms. The predicted octanol–water partition coefficient (Wildman–Crippen LogP) is 3.02. The standard InChI is InChI=1S/C19H19N3O4S/c1-13-18(14(2)26-21-13)27(24,25)22-17-11-7-6-10-16(17)19(23)20-12-15-8-4-3-5-9-15/h3-11,22H,12H2,1-2H3,(H,20,23). The van der Waals surface area contributed by atoms with Crippen LogP contribution in [0.3, 0.4) is 0 Å². The van der Waals surface area contributed by atoms with Crippen molar-refractivity contribution in [1.82, 2.24) is 10.5 Å². The van der Waals surface area contributed by atoms with E-state index in [-0.39, 0.29) is 33.5 Å². The zero-order valence-electron chi connectivity index (χ0n) is 14.9. The molecule has 140 valence electrons. The topological polar surface area (TPSA) is 101 Å². The van der Waals surface area contributed by atoms with E-state index in [0.29, 0.717) is 6.54 Å². The number of benzene rings is 2. The average Bonchev–Trinajstić information content (AvgIpc) is 3.00. The van der Waals surface area contributed by atoms with Crippen LogP contribution in [0, 0.1) is 13.8 Å². The molecule has 2 aromatic carbocycles. The third-order valence-corrected chi connectivity index (χ3v) is 5.56. The summed E-state index contributed by atoms with van der Waals surface area (Å²) in [5.41, 5.74) is 1.61. The van der Waals surface area contributed by atoms with Crippen LogP contribution < -0.4 is 10.0 Å². The van der Waals surface area contributed by atoms with Crippen LogP contribution in [0.4, 0.5) is 5.69 Å². The summed E-state index contributed by atoms with van der Waals surface area (Å²) in [4.78, 5) is 12.5. The van der Waals surface area contributed by atoms with E-state index in [1.54, 1.807) is 25.1 Å². The number of anilines is 1. The van der Waals surface area contributed by atoms with Crippen molar-refractivity contribution < 1.29 is 17.7 Å². The van der Waals surface area contributed by atoms with Crippen molar-refractivity contribution in [2.75, 3.05) is 4.72 Å². The first-order valence-electron chi connectivity index (χ1n) is 8.25. The Balaban J connectivity index is 1.83. The molecule has 3 rings (SSSR count). The molecule has 0 radical (unpaired) electrons. The number of rotatable bonds is 6. The highest BCUT2D eigenvalue weighted by Gasteiger charge is 2.25. The molecule has 1 heterocycles. The van der Waals surface area contributed by atoms with E-state index in [1.165, 1.54) is 13.0 Å². The molecule has 7 nitrogen and oxygen atoms in total. The smallest absolute Gasteiger partial charge is 0.267 e. The lowest BCUT2D eigenvalue weighted by atomic mass is 10.1. The van der Waals surface area contributed by atoms with Gasteiger partial charge in [0.2, 0.25) is 0 Å². The number of carbonyl (C=O) groups excluding carboxylic acids is 1. The summed E-state index contributed by atoms with van der Waals surface area (Å²) in [6.45, 7) is 3.40. The van der Waals surface area contributed by atoms with E-state index < -0.39 is 10.0 Å². The fraction of sp³-hybridized carbons (Fsp3) is 0.158. The van der Waals surface area contributed by atoms with Crippen molar-refractivity contribution >= 4 is 21.6 Å². The maximum absolute atomic E-state index is 12.7. The van der Waals surface area contributed by atoms with Gasteiger partial charge in [-0.2, -0.15) is 0 Å². The lowest BCUT2D eigenvalue weighted by Crippen LogP contribution is -2.25. The Morgan fingerprint density at radius 3 is 2.37 bits per heavy atom. The van der Waals surface area contributed by atoms with Gasteiger partial charge in [-0.3, -0.25) is 9.52 Å². The molecule has 0 aliphatic carbocycles. The highest BCUT2D eigenvalue weighted by atomic mass is 32.2. The fourth-order valence-corrected chi connectivity index (χ4v) is 4.11. The van der Waals surface area contributed by atoms with Crippen LogP contribution in [-0.4, -0.2) is 19.5 Å². The van der Waals surface area contributed by atoms with Crippen LogP contribution in [-0.2, 0) is 16.6 Å². The van der Waals surface area contributed by atoms with Crippen LogP contribution in [0.2, 0.25) is 0 Å². The fourth-order valence-electron chi connectivity index (χ4n) is 2.70. The van der Waals surface area contributed by atoms with Crippen molar-refractivity contribution in [3.05, 3.63) is 77.2 Å². The maximum Gasteiger partial charge on any atom is 0.267 e. The van der Waals surface area contributed by atoms with Gasteiger partial charge in [-0.25, -0.2) is 8.42 Å². The minimum absolute atomic E-state index is 0.0259. The van der Waals surface area contributed by atoms with Gasteiger partial charge in [0.05, 0.1) is 11.3 Å². The Morgan fingerprint density at radius 2 is 1.70 bits per heavy atom. The summed E-state index contributed by atoms with van der Waals surface area (Å²) in [6.07, 6.45) is 0. The van der Waals surface area contributed by atoms with E-state index in [1.807, 2.05) is 30.3 Å². The highest BCUT2D eigenvalue weighted by molar-refractivity contribution is 7.92. The van der Waals surface area contributed by atoms with Crippen LogP contribution in [0.5, 0.6) is 0 Å². The molecule has 1 aromatic heterocycles. The Labute approximate surface area is 157 Å². The first-order valence-corrected chi connectivity index (χ1v) is 9.73. The second-order valence-corrected chi connectivity index (χ2v) is 7.59. The monoisotopic (exact) mass is 385 g/mol. The predicted molar refractivity (Wildman–Crippen MR) is 101 cm³/mol. The first kappa shape index (κ1) is 18.7. The zero-order chi connectivity index (χ0) is 19.4. The third-order valence-electron chi connectivity index (χ3n) is 3.95. The highest BCUT2D eigenvalue weighted by Crippen LogP contribution is 2.24. The molecule has 27 heavy (non-hydrogen) atoms. The number of hydrogen-bond donors (Lipinski definition) is 2. The Bertz CT molecular complexity index is 1040. The number of aryl methyl sites for hydroxylation is 2. The second kappa shape index (κ2) is 7.63. The van der Waals surface area contributed by atoms with Crippen LogP contribution >= 0.6 is 0 Å². The van der Waals surface area contributed by atoms with E-state index in [2.05, 4.69) is 15.2 Å². The molecule has 0 saturated carbocycles. The minimum atomic E-state index is -3.94. The molecule has 8 heteroatoms. The van der Waals surface area contributed by atoms with E-state index in [0.717, 1.165) is 5.56 Å². The van der Waals surface area contributed by atoms with Crippen LogP contribution in [0.1, 0.15) is 27.4 Å². The number of nitrogens with one attached hydrogen (secondary N) is 2. The van der Waals surface area contributed by atoms with Gasteiger partial charge in [-0.05, 0) is 31.5 Å². The molecule has 3 aromatic rings. The van der Waals surface area contributed by atoms with Gasteiger partial charge in [-0.15, -0.1) is 0 Å². The summed E-state index contributed by atoms with van der Waals surface area (Å²) in [5, 5.41) is 6.47. The SMILES string of the molecule is Cc1noc(C)c1S(=O)(=O)Nc1ccccc1C(=O)NCc1ccccc1. The lowest BCUT2D eigenvalue weighted by Gasteiger charge is -2.12. The van der Waals surface area contributed by atoms with Gasteiger partial charge < -0.3 is 9.84 Å². The van der Waals surface area contributed by atoms with Crippen molar-refractivity contribution in [3.63, 3.8) is 0 Å². The Kier molecular flexibility index (Phi) is 5.27. The number of aromatic nitrogens is 1. The van der Waals surface area contributed by atoms with Crippen molar-refractivity contribution in [1.29, 1.82) is 0 Å². The maximum atomic E-state index is 12.7. The van der Waals surface area contributed by atoms with E-state index >= 15 is 0 Å². The zero-order valence-corrected chi connectivity index (χ0v) is 15.7. The molecule has 0 unspecified atom stereocenters. The van der Waals surface area contributed by atoms with Gasteiger partial charge in [0.1, 0.15) is 5.69 Å². The lowest BCUT2D eigenvalue weighted by molar-refractivity contribution is 0.0952. The first-order chi connectivity index (χ1) is 12.9. The number of nitrogens with zero attached hydrogens (tertiary/aromatic N) is 1. The number of sulfonamides is 1. The molecule has 0 atom stereocenters. The van der Waals surface area contributed by atoms with Crippen LogP contribution in [0.25, 0.3) is 0 Å². The van der Waals surface area contributed by atoms with Crippen molar-refractivity contribution in [3.8, 4) is 0 Å². The van der Waals surface area contributed by atoms with Crippen LogP contribution in [0.15, 0.2) is 64.0 Å². The van der Waals surface area contributed by atoms with Crippen molar-refractivity contribution in [2.24, 2.45) is 0 Å². The molecular weight excluding hydrogens is 366 g/mol. The molecule has 0 bridgehead atoms. The molecular formula is C19H19N3O4S. The Hall–Kier alpha value is -3.13. The molecule has 0 saturated heterocycles. The van der Waals surface area contributed by atoms with Gasteiger partial charge in [0.15, 0.2) is 10.7 Å². The molecule has 0 aliphatic rings. The van der Waals surface area contributed by atoms with E-state index in [4.69, 9.17) is 4.52 Å². The molecule has 2 N–H and O–H groups in total. The number of para-hydroxylation sites is 1. The third kappa shape index (κ3) is 4.17. The average molecular weight is 385 g/mol. The minimum Gasteiger partial charge on any atom is -0.360 e. The summed E-state index contributed by atoms with van der Waals surface area (Å²) in [5.74, 6) is -0.193. The van der Waals surface area contributed by atoms with E-state index in [9.17, 15) is 13.2 Å². The van der Waals surface area contributed by atoms with Gasteiger partial charge >= 0.3 is 0 Å². The van der Waals surface area contributed by atoms with Gasteiger partial charge in [0, 0.05) is 6.54 Å². The number of carbonyl (C=O) groups is 1. The number of hydrogen-bond acceptors (Lipinski definition) is 5. The normalized spacial score (nSPS) is 11.2. The molecule has 0 fully saturated rings. The van der Waals surface area contributed by atoms with Gasteiger partial charge in [-0.1, -0.05) is 47.6 Å². The molecule has 1 amide bonds. The summed E-state index contributed by atoms with van der Waals surface area (Å²) >= 11 is 0. The number of amides is 1. The summed E-state index contributed by atoms with van der Waals surface area (Å²) in [6, 6.07) is 15.9. The summed E-state index contributed by atoms with van der Waals surface area (Å²) < 4.78 is 32.8. The second-order valence-electron chi connectivity index (χ2n) is 5.97. The van der Waals surface area contributed by atoms with Crippen molar-refractivity contribution in [2.45, 2.75) is 25.3 Å². The Morgan fingerprint density at radius 1 is 1.04 bits per heavy atom. The summed E-state index contributed by atoms with van der Waals surface area (Å²) in [7, 11) is -3.94. The quantitative estimate of drug-likeness (QED) is 0.679. The molecule has 0 aliphatic heterocycles. The van der Waals surface area contributed by atoms with Gasteiger partial charge in [0.25, 0.3) is 15.9 Å².